The molecule has 1 heterocycles. The number of anilines is 1. The molecular weight excluding hydrogens is 328 g/mol. The molecule has 134 valence electrons. The van der Waals surface area contributed by atoms with Crippen LogP contribution in [0.25, 0.3) is 0 Å². The number of amides is 3. The van der Waals surface area contributed by atoms with Crippen molar-refractivity contribution < 1.29 is 14.4 Å². The van der Waals surface area contributed by atoms with E-state index in [9.17, 15) is 14.4 Å². The summed E-state index contributed by atoms with van der Waals surface area (Å²) in [6.45, 7) is 2.59. The quantitative estimate of drug-likeness (QED) is 0.753. The largest absolute Gasteiger partial charge is 0.308 e. The highest BCUT2D eigenvalue weighted by Gasteiger charge is 2.29. The third-order valence-corrected chi connectivity index (χ3v) is 4.53. The van der Waals surface area contributed by atoms with Crippen molar-refractivity contribution in [1.29, 1.82) is 0 Å². The van der Waals surface area contributed by atoms with E-state index in [-0.39, 0.29) is 43.5 Å². The average Bonchev–Trinajstić information content (AvgIpc) is 2.97. The summed E-state index contributed by atoms with van der Waals surface area (Å²) in [7, 11) is 0. The highest BCUT2D eigenvalue weighted by atomic mass is 16.2. The van der Waals surface area contributed by atoms with Gasteiger partial charge in [-0.25, -0.2) is 0 Å². The van der Waals surface area contributed by atoms with Gasteiger partial charge in [0.15, 0.2) is 0 Å². The average molecular weight is 350 g/mol. The molecule has 0 spiro atoms. The number of likely N-dealkylation sites (tertiary alicyclic amines) is 1. The van der Waals surface area contributed by atoms with E-state index in [0.29, 0.717) is 6.54 Å². The fourth-order valence-electron chi connectivity index (χ4n) is 3.03. The van der Waals surface area contributed by atoms with Crippen LogP contribution in [0, 0.1) is 6.92 Å². The summed E-state index contributed by atoms with van der Waals surface area (Å²) >= 11 is 0. The van der Waals surface area contributed by atoms with Gasteiger partial charge in [0.25, 0.3) is 0 Å². The van der Waals surface area contributed by atoms with Crippen molar-refractivity contribution in [1.82, 2.24) is 4.90 Å². The minimum atomic E-state index is -0.187. The van der Waals surface area contributed by atoms with Crippen LogP contribution >= 0.6 is 0 Å². The molecule has 0 bridgehead atoms. The third-order valence-electron chi connectivity index (χ3n) is 4.53. The summed E-state index contributed by atoms with van der Waals surface area (Å²) in [5.41, 5.74) is 2.95. The van der Waals surface area contributed by atoms with Gasteiger partial charge in [-0.15, -0.1) is 0 Å². The van der Waals surface area contributed by atoms with E-state index in [2.05, 4.69) is 0 Å². The van der Waals surface area contributed by atoms with Crippen molar-refractivity contribution in [2.75, 3.05) is 11.4 Å². The normalized spacial score (nSPS) is 14.0. The highest BCUT2D eigenvalue weighted by molar-refractivity contribution is 6.02. The maximum absolute atomic E-state index is 12.9. The van der Waals surface area contributed by atoms with E-state index in [1.165, 1.54) is 4.90 Å². The van der Waals surface area contributed by atoms with Gasteiger partial charge in [-0.1, -0.05) is 48.0 Å². The van der Waals surface area contributed by atoms with Crippen molar-refractivity contribution in [2.45, 2.75) is 32.7 Å². The second-order valence-electron chi connectivity index (χ2n) is 6.49. The summed E-state index contributed by atoms with van der Waals surface area (Å²) < 4.78 is 0. The number of carbonyl (C=O) groups is 3. The minimum Gasteiger partial charge on any atom is -0.308 e. The van der Waals surface area contributed by atoms with Crippen LogP contribution in [0.3, 0.4) is 0 Å². The lowest BCUT2D eigenvalue weighted by Crippen LogP contribution is -2.36. The first-order chi connectivity index (χ1) is 12.5. The summed E-state index contributed by atoms with van der Waals surface area (Å²) in [4.78, 5) is 39.3. The monoisotopic (exact) mass is 350 g/mol. The molecule has 3 rings (SSSR count). The molecule has 2 aromatic rings. The Labute approximate surface area is 153 Å². The Morgan fingerprint density at radius 3 is 2.19 bits per heavy atom. The molecule has 0 aromatic heterocycles. The maximum Gasteiger partial charge on any atom is 0.229 e. The standard InChI is InChI=1S/C21H22N2O3/c1-16-7-9-18(10-8-16)23(15-17-5-3-2-4-6-17)21(26)13-14-22-19(24)11-12-20(22)25/h2-10H,11-15H2,1H3. The van der Waals surface area contributed by atoms with Crippen molar-refractivity contribution >= 4 is 23.4 Å². The molecule has 1 aliphatic heterocycles. The number of nitrogens with zero attached hydrogens (tertiary/aromatic N) is 2. The number of rotatable bonds is 6. The molecule has 0 aliphatic carbocycles. The lowest BCUT2D eigenvalue weighted by atomic mass is 10.1. The van der Waals surface area contributed by atoms with Gasteiger partial charge in [0, 0.05) is 31.5 Å². The molecule has 1 aliphatic rings. The number of aryl methyl sites for hydroxylation is 1. The minimum absolute atomic E-state index is 0.106. The van der Waals surface area contributed by atoms with Gasteiger partial charge in [-0.3, -0.25) is 19.3 Å². The Morgan fingerprint density at radius 1 is 0.962 bits per heavy atom. The Hall–Kier alpha value is -2.95. The Balaban J connectivity index is 1.75. The fourth-order valence-corrected chi connectivity index (χ4v) is 3.03. The van der Waals surface area contributed by atoms with Gasteiger partial charge in [-0.05, 0) is 24.6 Å². The molecule has 3 amide bonds. The van der Waals surface area contributed by atoms with Gasteiger partial charge in [-0.2, -0.15) is 0 Å². The van der Waals surface area contributed by atoms with E-state index >= 15 is 0 Å². The molecule has 0 atom stereocenters. The van der Waals surface area contributed by atoms with Gasteiger partial charge >= 0.3 is 0 Å². The van der Waals surface area contributed by atoms with Crippen LogP contribution in [0.5, 0.6) is 0 Å². The first kappa shape index (κ1) is 17.9. The van der Waals surface area contributed by atoms with Crippen LogP contribution in [0.15, 0.2) is 54.6 Å². The molecule has 0 N–H and O–H groups in total. The van der Waals surface area contributed by atoms with E-state index in [1.54, 1.807) is 4.90 Å². The lowest BCUT2D eigenvalue weighted by Gasteiger charge is -2.24. The molecule has 0 radical (unpaired) electrons. The van der Waals surface area contributed by atoms with Gasteiger partial charge in [0.2, 0.25) is 17.7 Å². The molecule has 0 saturated carbocycles. The van der Waals surface area contributed by atoms with Crippen molar-refractivity contribution in [2.24, 2.45) is 0 Å². The van der Waals surface area contributed by atoms with Crippen LogP contribution in [-0.4, -0.2) is 29.2 Å². The van der Waals surface area contributed by atoms with Crippen molar-refractivity contribution in [3.8, 4) is 0 Å². The Bertz CT molecular complexity index is 784. The fraction of sp³-hybridized carbons (Fsp3) is 0.286. The second-order valence-corrected chi connectivity index (χ2v) is 6.49. The molecule has 2 aromatic carbocycles. The first-order valence-corrected chi connectivity index (χ1v) is 8.79. The lowest BCUT2D eigenvalue weighted by molar-refractivity contribution is -0.138. The molecule has 1 fully saturated rings. The molecule has 5 heteroatoms. The molecule has 26 heavy (non-hydrogen) atoms. The molecule has 5 nitrogen and oxygen atoms in total. The van der Waals surface area contributed by atoms with Crippen molar-refractivity contribution in [3.05, 3.63) is 65.7 Å². The number of carbonyl (C=O) groups excluding carboxylic acids is 3. The number of hydrogen-bond donors (Lipinski definition) is 0. The van der Waals surface area contributed by atoms with E-state index < -0.39 is 0 Å². The zero-order valence-electron chi connectivity index (χ0n) is 14.9. The Kier molecular flexibility index (Phi) is 5.46. The van der Waals surface area contributed by atoms with Crippen LogP contribution in [0.2, 0.25) is 0 Å². The number of benzene rings is 2. The van der Waals surface area contributed by atoms with Crippen LogP contribution in [-0.2, 0) is 20.9 Å². The van der Waals surface area contributed by atoms with Crippen molar-refractivity contribution in [3.63, 3.8) is 0 Å². The van der Waals surface area contributed by atoms with E-state index in [4.69, 9.17) is 0 Å². The topological polar surface area (TPSA) is 57.7 Å². The Morgan fingerprint density at radius 2 is 1.58 bits per heavy atom. The van der Waals surface area contributed by atoms with Gasteiger partial charge < -0.3 is 4.90 Å². The van der Waals surface area contributed by atoms with Crippen LogP contribution < -0.4 is 4.90 Å². The second kappa shape index (κ2) is 7.95. The number of imide groups is 1. The molecule has 1 saturated heterocycles. The first-order valence-electron chi connectivity index (χ1n) is 8.79. The zero-order chi connectivity index (χ0) is 18.5. The smallest absolute Gasteiger partial charge is 0.229 e. The van der Waals surface area contributed by atoms with E-state index in [1.807, 2.05) is 61.5 Å². The third kappa shape index (κ3) is 4.17. The molecular formula is C21H22N2O3. The van der Waals surface area contributed by atoms with E-state index in [0.717, 1.165) is 16.8 Å². The summed E-state index contributed by atoms with van der Waals surface area (Å²) in [5, 5.41) is 0. The molecule has 0 unspecified atom stereocenters. The predicted octanol–water partition coefficient (Wildman–Crippen LogP) is 3.07. The summed E-state index contributed by atoms with van der Waals surface area (Å²) in [6, 6.07) is 17.5. The predicted molar refractivity (Wildman–Crippen MR) is 99.4 cm³/mol. The summed E-state index contributed by atoms with van der Waals surface area (Å²) in [6.07, 6.45) is 0.621. The SMILES string of the molecule is Cc1ccc(N(Cc2ccccc2)C(=O)CCN2C(=O)CCC2=O)cc1. The van der Waals surface area contributed by atoms with Gasteiger partial charge in [0.1, 0.15) is 0 Å². The number of hydrogen-bond acceptors (Lipinski definition) is 3. The highest BCUT2D eigenvalue weighted by Crippen LogP contribution is 2.20. The summed E-state index contributed by atoms with van der Waals surface area (Å²) in [5.74, 6) is -0.481. The van der Waals surface area contributed by atoms with Gasteiger partial charge in [0.05, 0.1) is 6.54 Å². The zero-order valence-corrected chi connectivity index (χ0v) is 14.9. The van der Waals surface area contributed by atoms with Crippen LogP contribution in [0.1, 0.15) is 30.4 Å². The van der Waals surface area contributed by atoms with Crippen LogP contribution in [0.4, 0.5) is 5.69 Å². The maximum atomic E-state index is 12.9.